The van der Waals surface area contributed by atoms with E-state index >= 15 is 0 Å². The second-order valence-electron chi connectivity index (χ2n) is 3.62. The molecule has 1 rings (SSSR count). The van der Waals surface area contributed by atoms with Crippen molar-refractivity contribution in [3.05, 3.63) is 24.3 Å². The van der Waals surface area contributed by atoms with Crippen molar-refractivity contribution in [3.63, 3.8) is 0 Å². The lowest BCUT2D eigenvalue weighted by Gasteiger charge is -2.01. The van der Waals surface area contributed by atoms with E-state index in [1.165, 1.54) is 4.90 Å². The molecule has 3 N–H and O–H groups in total. The van der Waals surface area contributed by atoms with Gasteiger partial charge in [-0.15, -0.1) is 11.8 Å². The van der Waals surface area contributed by atoms with Gasteiger partial charge in [0, 0.05) is 17.0 Å². The minimum Gasteiger partial charge on any atom is -0.481 e. The number of nitrogens with two attached hydrogens (primary N) is 1. The van der Waals surface area contributed by atoms with Crippen LogP contribution in [0.25, 0.3) is 0 Å². The number of hydrogen-bond acceptors (Lipinski definition) is 3. The lowest BCUT2D eigenvalue weighted by Crippen LogP contribution is -1.93. The third-order valence-electron chi connectivity index (χ3n) is 2.18. The minimum absolute atomic E-state index is 0.284. The molecule has 0 unspecified atom stereocenters. The molecule has 0 radical (unpaired) electrons. The Balaban J connectivity index is 2.07. The van der Waals surface area contributed by atoms with Gasteiger partial charge in [-0.2, -0.15) is 0 Å². The fourth-order valence-electron chi connectivity index (χ4n) is 1.31. The van der Waals surface area contributed by atoms with Crippen molar-refractivity contribution in [2.75, 3.05) is 11.5 Å². The highest BCUT2D eigenvalue weighted by Gasteiger charge is 1.97. The van der Waals surface area contributed by atoms with Gasteiger partial charge in [0.05, 0.1) is 0 Å². The number of carbonyl (C=O) groups is 1. The van der Waals surface area contributed by atoms with E-state index < -0.39 is 5.97 Å². The van der Waals surface area contributed by atoms with Crippen LogP contribution in [0.2, 0.25) is 0 Å². The van der Waals surface area contributed by atoms with Gasteiger partial charge in [0.1, 0.15) is 0 Å². The van der Waals surface area contributed by atoms with Crippen LogP contribution >= 0.6 is 11.8 Å². The van der Waals surface area contributed by atoms with Gasteiger partial charge < -0.3 is 10.8 Å². The van der Waals surface area contributed by atoms with Crippen LogP contribution in [0.5, 0.6) is 0 Å². The second kappa shape index (κ2) is 7.17. The van der Waals surface area contributed by atoms with E-state index in [0.29, 0.717) is 0 Å². The number of aliphatic carboxylic acids is 1. The Bertz CT molecular complexity index is 324. The van der Waals surface area contributed by atoms with E-state index in [0.717, 1.165) is 30.7 Å². The van der Waals surface area contributed by atoms with Crippen LogP contribution in [0.4, 0.5) is 5.69 Å². The molecule has 0 heterocycles. The maximum absolute atomic E-state index is 10.3. The number of thioether (sulfide) groups is 1. The molecule has 0 fully saturated rings. The summed E-state index contributed by atoms with van der Waals surface area (Å²) in [6, 6.07) is 7.81. The molecule has 0 aliphatic carbocycles. The predicted molar refractivity (Wildman–Crippen MR) is 67.7 cm³/mol. The number of hydrogen-bond donors (Lipinski definition) is 2. The summed E-state index contributed by atoms with van der Waals surface area (Å²) < 4.78 is 0. The molecule has 0 aliphatic heterocycles. The average molecular weight is 239 g/mol. The Morgan fingerprint density at radius 3 is 2.50 bits per heavy atom. The topological polar surface area (TPSA) is 63.3 Å². The molecule has 4 heteroatoms. The van der Waals surface area contributed by atoms with Crippen molar-refractivity contribution < 1.29 is 9.90 Å². The highest BCUT2D eigenvalue weighted by Crippen LogP contribution is 2.20. The first-order chi connectivity index (χ1) is 7.68. The molecule has 0 saturated carbocycles. The van der Waals surface area contributed by atoms with Gasteiger partial charge in [-0.05, 0) is 42.9 Å². The van der Waals surface area contributed by atoms with E-state index in [4.69, 9.17) is 10.8 Å². The molecule has 0 bridgehead atoms. The molecule has 16 heavy (non-hydrogen) atoms. The normalized spacial score (nSPS) is 10.2. The van der Waals surface area contributed by atoms with Crippen molar-refractivity contribution in [1.82, 2.24) is 0 Å². The number of carboxylic acid groups (broad SMARTS) is 1. The summed E-state index contributed by atoms with van der Waals surface area (Å²) in [6.07, 6.45) is 3.10. The van der Waals surface area contributed by atoms with Crippen LogP contribution in [0.15, 0.2) is 29.2 Å². The van der Waals surface area contributed by atoms with Gasteiger partial charge in [0.25, 0.3) is 0 Å². The fraction of sp³-hybridized carbons (Fsp3) is 0.417. The molecule has 1 aromatic rings. The quantitative estimate of drug-likeness (QED) is 0.436. The third kappa shape index (κ3) is 5.66. The first kappa shape index (κ1) is 12.9. The van der Waals surface area contributed by atoms with Crippen LogP contribution in [0.1, 0.15) is 25.7 Å². The van der Waals surface area contributed by atoms with E-state index in [-0.39, 0.29) is 6.42 Å². The van der Waals surface area contributed by atoms with Crippen LogP contribution in [0.3, 0.4) is 0 Å². The highest BCUT2D eigenvalue weighted by molar-refractivity contribution is 7.99. The second-order valence-corrected chi connectivity index (χ2v) is 4.79. The number of unbranched alkanes of at least 4 members (excludes halogenated alkanes) is 2. The van der Waals surface area contributed by atoms with E-state index in [1.807, 2.05) is 24.3 Å². The van der Waals surface area contributed by atoms with Crippen LogP contribution in [-0.2, 0) is 4.79 Å². The largest absolute Gasteiger partial charge is 0.481 e. The molecular weight excluding hydrogens is 222 g/mol. The molecule has 88 valence electrons. The van der Waals surface area contributed by atoms with Crippen molar-refractivity contribution in [1.29, 1.82) is 0 Å². The predicted octanol–water partition coefficient (Wildman–Crippen LogP) is 3.01. The zero-order valence-corrected chi connectivity index (χ0v) is 10.0. The number of nitrogen functional groups attached to an aromatic ring is 1. The number of carboxylic acids is 1. The smallest absolute Gasteiger partial charge is 0.303 e. The van der Waals surface area contributed by atoms with E-state index in [2.05, 4.69) is 0 Å². The van der Waals surface area contributed by atoms with E-state index in [1.54, 1.807) is 11.8 Å². The summed E-state index contributed by atoms with van der Waals surface area (Å²) in [4.78, 5) is 11.5. The molecule has 0 amide bonds. The Morgan fingerprint density at radius 2 is 1.88 bits per heavy atom. The minimum atomic E-state index is -0.703. The maximum Gasteiger partial charge on any atom is 0.303 e. The summed E-state index contributed by atoms with van der Waals surface area (Å²) >= 11 is 1.78. The Kier molecular flexibility index (Phi) is 5.78. The Hall–Kier alpha value is -1.16. The molecule has 1 aromatic carbocycles. The molecule has 0 atom stereocenters. The lowest BCUT2D eigenvalue weighted by atomic mass is 10.2. The summed E-state index contributed by atoms with van der Waals surface area (Å²) in [7, 11) is 0. The highest BCUT2D eigenvalue weighted by atomic mass is 32.2. The number of benzene rings is 1. The summed E-state index contributed by atoms with van der Waals surface area (Å²) in [5, 5.41) is 8.46. The summed E-state index contributed by atoms with van der Waals surface area (Å²) in [5.74, 6) is 0.329. The molecule has 3 nitrogen and oxygen atoms in total. The van der Waals surface area contributed by atoms with Gasteiger partial charge in [0.2, 0.25) is 0 Å². The van der Waals surface area contributed by atoms with Crippen molar-refractivity contribution in [3.8, 4) is 0 Å². The lowest BCUT2D eigenvalue weighted by molar-refractivity contribution is -0.137. The van der Waals surface area contributed by atoms with E-state index in [9.17, 15) is 4.79 Å². The molecule has 0 aliphatic rings. The third-order valence-corrected chi connectivity index (χ3v) is 3.28. The zero-order chi connectivity index (χ0) is 11.8. The van der Waals surface area contributed by atoms with Crippen molar-refractivity contribution in [2.24, 2.45) is 0 Å². The first-order valence-corrected chi connectivity index (χ1v) is 6.37. The maximum atomic E-state index is 10.3. The van der Waals surface area contributed by atoms with Crippen molar-refractivity contribution >= 4 is 23.4 Å². The molecular formula is C12H17NO2S. The van der Waals surface area contributed by atoms with Gasteiger partial charge >= 0.3 is 5.97 Å². The van der Waals surface area contributed by atoms with Gasteiger partial charge in [-0.1, -0.05) is 6.42 Å². The Morgan fingerprint density at radius 1 is 1.19 bits per heavy atom. The number of anilines is 1. The first-order valence-electron chi connectivity index (χ1n) is 5.38. The fourth-order valence-corrected chi connectivity index (χ4v) is 2.22. The zero-order valence-electron chi connectivity index (χ0n) is 9.19. The average Bonchev–Trinajstić information content (AvgIpc) is 2.25. The van der Waals surface area contributed by atoms with Crippen LogP contribution in [-0.4, -0.2) is 16.8 Å². The molecule has 0 aromatic heterocycles. The summed E-state index contributed by atoms with van der Waals surface area (Å²) in [6.45, 7) is 0. The van der Waals surface area contributed by atoms with Gasteiger partial charge in [-0.3, -0.25) is 4.79 Å². The molecule has 0 spiro atoms. The summed E-state index contributed by atoms with van der Waals surface area (Å²) in [5.41, 5.74) is 6.37. The van der Waals surface area contributed by atoms with Gasteiger partial charge in [-0.25, -0.2) is 0 Å². The number of rotatable bonds is 7. The Labute approximate surface area is 100 Å². The molecule has 0 saturated heterocycles. The standard InChI is InChI=1S/C12H17NO2S/c13-10-5-7-11(8-6-10)16-9-3-1-2-4-12(14)15/h5-8H,1-4,9,13H2,(H,14,15). The monoisotopic (exact) mass is 239 g/mol. The van der Waals surface area contributed by atoms with Crippen LogP contribution in [0, 0.1) is 0 Å². The van der Waals surface area contributed by atoms with Crippen molar-refractivity contribution in [2.45, 2.75) is 30.6 Å². The van der Waals surface area contributed by atoms with Crippen LogP contribution < -0.4 is 5.73 Å². The van der Waals surface area contributed by atoms with Gasteiger partial charge in [0.15, 0.2) is 0 Å². The SMILES string of the molecule is Nc1ccc(SCCCCCC(=O)O)cc1.